The molecule has 1 fully saturated rings. The van der Waals surface area contributed by atoms with Gasteiger partial charge in [-0.1, -0.05) is 23.7 Å². The maximum Gasteiger partial charge on any atom is 0.259 e. The number of nitriles is 2. The Morgan fingerprint density at radius 1 is 1.17 bits per heavy atom. The fourth-order valence-corrected chi connectivity index (χ4v) is 4.14. The van der Waals surface area contributed by atoms with E-state index in [4.69, 9.17) is 34.3 Å². The van der Waals surface area contributed by atoms with Crippen molar-refractivity contribution in [2.45, 2.75) is 38.6 Å². The van der Waals surface area contributed by atoms with Crippen molar-refractivity contribution in [2.75, 3.05) is 9.80 Å². The summed E-state index contributed by atoms with van der Waals surface area (Å²) < 4.78 is 14.9. The van der Waals surface area contributed by atoms with Crippen LogP contribution in [0.5, 0.6) is 0 Å². The van der Waals surface area contributed by atoms with Crippen LogP contribution in [-0.4, -0.2) is 16.6 Å². The van der Waals surface area contributed by atoms with Gasteiger partial charge < -0.3 is 4.90 Å². The van der Waals surface area contributed by atoms with Gasteiger partial charge in [-0.25, -0.2) is 4.39 Å². The monoisotopic (exact) mass is 440 g/mol. The maximum absolute atomic E-state index is 14.9. The minimum Gasteiger partial charge on any atom is -0.304 e. The fourth-order valence-electron chi connectivity index (χ4n) is 3.42. The minimum absolute atomic E-state index is 0.0152. The Balaban J connectivity index is 1.97. The number of thiocarbonyl (C=S) groups is 1. The highest BCUT2D eigenvalue weighted by Gasteiger charge is 2.51. The lowest BCUT2D eigenvalue weighted by Crippen LogP contribution is -2.44. The first kappa shape index (κ1) is 21.7. The number of nitrogens with zero attached hydrogens (tertiary/aromatic N) is 4. The molecule has 152 valence electrons. The van der Waals surface area contributed by atoms with E-state index in [1.807, 2.05) is 30.3 Å². The quantitative estimate of drug-likeness (QED) is 0.477. The van der Waals surface area contributed by atoms with Crippen molar-refractivity contribution >= 4 is 46.2 Å². The molecule has 1 aliphatic rings. The second-order valence-electron chi connectivity index (χ2n) is 7.37. The van der Waals surface area contributed by atoms with E-state index in [1.165, 1.54) is 12.1 Å². The second kappa shape index (κ2) is 8.39. The van der Waals surface area contributed by atoms with Crippen LogP contribution in [0.15, 0.2) is 36.4 Å². The molecule has 0 unspecified atom stereocenters. The number of hydrogen-bond acceptors (Lipinski definition) is 4. The molecule has 30 heavy (non-hydrogen) atoms. The summed E-state index contributed by atoms with van der Waals surface area (Å²) in [4.78, 5) is 16.0. The molecule has 0 bridgehead atoms. The Morgan fingerprint density at radius 3 is 2.43 bits per heavy atom. The van der Waals surface area contributed by atoms with E-state index in [0.717, 1.165) is 23.3 Å². The van der Waals surface area contributed by atoms with Gasteiger partial charge in [-0.15, -0.1) is 0 Å². The molecule has 2 aromatic rings. The summed E-state index contributed by atoms with van der Waals surface area (Å²) >= 11 is 11.5. The Labute approximate surface area is 184 Å². The average Bonchev–Trinajstić information content (AvgIpc) is 2.89. The molecule has 0 N–H and O–H groups in total. The molecule has 0 spiro atoms. The number of benzene rings is 2. The van der Waals surface area contributed by atoms with Gasteiger partial charge in [0.05, 0.1) is 22.3 Å². The first-order valence-corrected chi connectivity index (χ1v) is 10.1. The third-order valence-electron chi connectivity index (χ3n) is 5.04. The topological polar surface area (TPSA) is 71.1 Å². The summed E-state index contributed by atoms with van der Waals surface area (Å²) in [5.74, 6) is -1.26. The van der Waals surface area contributed by atoms with Gasteiger partial charge in [-0.05, 0) is 68.7 Å². The van der Waals surface area contributed by atoms with Crippen LogP contribution in [0.2, 0.25) is 5.02 Å². The summed E-state index contributed by atoms with van der Waals surface area (Å²) in [6.45, 7) is 3.43. The van der Waals surface area contributed by atoms with E-state index in [-0.39, 0.29) is 21.4 Å². The highest BCUT2D eigenvalue weighted by molar-refractivity contribution is 7.81. The minimum atomic E-state index is -1.05. The summed E-state index contributed by atoms with van der Waals surface area (Å²) in [6, 6.07) is 14.2. The Morgan fingerprint density at radius 2 is 1.83 bits per heavy atom. The second-order valence-corrected chi connectivity index (χ2v) is 8.11. The summed E-state index contributed by atoms with van der Waals surface area (Å²) in [5, 5.41) is 17.5. The van der Waals surface area contributed by atoms with Gasteiger partial charge in [0, 0.05) is 12.1 Å². The summed E-state index contributed by atoms with van der Waals surface area (Å²) in [5.41, 5.74) is 0.623. The lowest BCUT2D eigenvalue weighted by Gasteiger charge is -2.29. The predicted molar refractivity (Wildman–Crippen MR) is 118 cm³/mol. The van der Waals surface area contributed by atoms with Gasteiger partial charge in [-0.2, -0.15) is 10.5 Å². The van der Waals surface area contributed by atoms with Crippen LogP contribution >= 0.6 is 23.8 Å². The molecule has 1 saturated heterocycles. The van der Waals surface area contributed by atoms with Crippen LogP contribution in [0.4, 0.5) is 15.8 Å². The molecule has 1 heterocycles. The Kier molecular flexibility index (Phi) is 6.07. The molecule has 1 amide bonds. The highest BCUT2D eigenvalue weighted by atomic mass is 35.5. The number of anilines is 2. The van der Waals surface area contributed by atoms with Gasteiger partial charge >= 0.3 is 0 Å². The number of hydrogen-bond donors (Lipinski definition) is 0. The molecule has 3 rings (SSSR count). The molecule has 5 nitrogen and oxygen atoms in total. The molecule has 2 aromatic carbocycles. The molecule has 0 atom stereocenters. The third-order valence-corrected chi connectivity index (χ3v) is 5.77. The van der Waals surface area contributed by atoms with Gasteiger partial charge in [0.15, 0.2) is 10.9 Å². The van der Waals surface area contributed by atoms with Crippen molar-refractivity contribution in [3.05, 3.63) is 58.4 Å². The Hall–Kier alpha value is -3.00. The summed E-state index contributed by atoms with van der Waals surface area (Å²) in [7, 11) is 0. The number of amides is 1. The highest BCUT2D eigenvalue weighted by Crippen LogP contribution is 2.39. The van der Waals surface area contributed by atoms with Crippen molar-refractivity contribution in [2.24, 2.45) is 0 Å². The van der Waals surface area contributed by atoms with Crippen molar-refractivity contribution in [1.82, 2.24) is 0 Å². The van der Waals surface area contributed by atoms with Crippen LogP contribution in [-0.2, 0) is 11.2 Å². The van der Waals surface area contributed by atoms with E-state index < -0.39 is 17.3 Å². The molecule has 0 aliphatic carbocycles. The number of rotatable bonds is 5. The predicted octanol–water partition coefficient (Wildman–Crippen LogP) is 5.11. The van der Waals surface area contributed by atoms with Crippen molar-refractivity contribution in [1.29, 1.82) is 10.5 Å². The first-order chi connectivity index (χ1) is 14.2. The molecule has 0 radical (unpaired) electrons. The van der Waals surface area contributed by atoms with Gasteiger partial charge in [0.2, 0.25) is 0 Å². The third kappa shape index (κ3) is 3.63. The fraction of sp³-hybridized carbons (Fsp3) is 0.273. The molecular formula is C22H18ClFN4OS. The first-order valence-electron chi connectivity index (χ1n) is 9.26. The maximum atomic E-state index is 14.9. The van der Waals surface area contributed by atoms with Crippen LogP contribution in [0, 0.1) is 28.5 Å². The van der Waals surface area contributed by atoms with Crippen LogP contribution in [0.3, 0.4) is 0 Å². The van der Waals surface area contributed by atoms with Gasteiger partial charge in [-0.3, -0.25) is 9.69 Å². The number of carbonyl (C=O) groups is 1. The van der Waals surface area contributed by atoms with E-state index in [2.05, 4.69) is 6.07 Å². The van der Waals surface area contributed by atoms with E-state index in [0.29, 0.717) is 12.1 Å². The standard InChI is InChI=1S/C22H18ClFN4OS/c1-22(2)20(29)27(17-11-8-15(13-26)18(23)19(17)24)21(30)28(22)16-9-6-14(7-10-16)5-3-4-12-25/h6-11H,3-5H2,1-2H3. The lowest BCUT2D eigenvalue weighted by atomic mass is 10.0. The summed E-state index contributed by atoms with van der Waals surface area (Å²) in [6.07, 6.45) is 2.04. The molecule has 0 saturated carbocycles. The molecule has 0 aromatic heterocycles. The van der Waals surface area contributed by atoms with Crippen LogP contribution in [0.1, 0.15) is 37.8 Å². The van der Waals surface area contributed by atoms with Crippen LogP contribution in [0.25, 0.3) is 0 Å². The number of unbranched alkanes of at least 4 members (excludes halogenated alkanes) is 1. The number of aryl methyl sites for hydroxylation is 1. The van der Waals surface area contributed by atoms with E-state index >= 15 is 0 Å². The molecule has 1 aliphatic heterocycles. The molecule has 8 heteroatoms. The van der Waals surface area contributed by atoms with Crippen molar-refractivity contribution in [3.8, 4) is 12.1 Å². The van der Waals surface area contributed by atoms with Crippen molar-refractivity contribution < 1.29 is 9.18 Å². The zero-order chi connectivity index (χ0) is 22.1. The smallest absolute Gasteiger partial charge is 0.259 e. The van der Waals surface area contributed by atoms with E-state index in [1.54, 1.807) is 18.7 Å². The zero-order valence-electron chi connectivity index (χ0n) is 16.4. The normalized spacial score (nSPS) is 15.3. The largest absolute Gasteiger partial charge is 0.304 e. The number of halogens is 2. The SMILES string of the molecule is CC1(C)C(=O)N(c2ccc(C#N)c(Cl)c2F)C(=S)N1c1ccc(CCCC#N)cc1. The average molecular weight is 441 g/mol. The van der Waals surface area contributed by atoms with Gasteiger partial charge in [0.1, 0.15) is 11.6 Å². The van der Waals surface area contributed by atoms with E-state index in [9.17, 15) is 9.18 Å². The van der Waals surface area contributed by atoms with Gasteiger partial charge in [0.25, 0.3) is 5.91 Å². The Bertz CT molecular complexity index is 1100. The number of carbonyl (C=O) groups excluding carboxylic acids is 1. The molecular weight excluding hydrogens is 423 g/mol. The lowest BCUT2D eigenvalue weighted by molar-refractivity contribution is -0.120. The van der Waals surface area contributed by atoms with Crippen molar-refractivity contribution in [3.63, 3.8) is 0 Å². The zero-order valence-corrected chi connectivity index (χ0v) is 18.0. The van der Waals surface area contributed by atoms with Crippen LogP contribution < -0.4 is 9.80 Å².